The van der Waals surface area contributed by atoms with Crippen LogP contribution in [-0.2, 0) is 16.1 Å². The Kier molecular flexibility index (Phi) is 7.03. The van der Waals surface area contributed by atoms with Gasteiger partial charge in [-0.2, -0.15) is 0 Å². The van der Waals surface area contributed by atoms with Crippen molar-refractivity contribution in [1.82, 2.24) is 14.8 Å². The number of anilines is 1. The molecule has 0 radical (unpaired) electrons. The fraction of sp³-hybridized carbons (Fsp3) is 0.286. The van der Waals surface area contributed by atoms with Crippen molar-refractivity contribution < 1.29 is 14.5 Å². The summed E-state index contributed by atoms with van der Waals surface area (Å²) in [6.45, 7) is 1.25. The molecule has 1 aromatic heterocycles. The molecule has 3 aromatic rings. The summed E-state index contributed by atoms with van der Waals surface area (Å²) in [4.78, 5) is 22.9. The Morgan fingerprint density at radius 3 is 2.72 bits per heavy atom. The van der Waals surface area contributed by atoms with Crippen LogP contribution in [-0.4, -0.2) is 44.1 Å². The van der Waals surface area contributed by atoms with Crippen LogP contribution in [0.2, 0.25) is 5.02 Å². The number of hydrogen-bond donors (Lipinski definition) is 1. The van der Waals surface area contributed by atoms with Crippen molar-refractivity contribution in [2.45, 2.75) is 30.6 Å². The Balaban J connectivity index is 1.52. The number of non-ortho nitro benzene ring substituents is 1. The molecule has 1 aliphatic rings. The van der Waals surface area contributed by atoms with E-state index in [1.54, 1.807) is 36.4 Å². The molecule has 1 fully saturated rings. The Morgan fingerprint density at radius 1 is 1.25 bits per heavy atom. The van der Waals surface area contributed by atoms with E-state index in [1.165, 1.54) is 23.9 Å². The van der Waals surface area contributed by atoms with Crippen molar-refractivity contribution in [3.8, 4) is 11.4 Å². The Labute approximate surface area is 193 Å². The van der Waals surface area contributed by atoms with Gasteiger partial charge in [0.05, 0.1) is 34.0 Å². The summed E-state index contributed by atoms with van der Waals surface area (Å²) in [6.07, 6.45) is 1.94. The van der Waals surface area contributed by atoms with E-state index < -0.39 is 4.92 Å². The molecule has 9 nitrogen and oxygen atoms in total. The lowest BCUT2D eigenvalue weighted by molar-refractivity contribution is -0.384. The molecule has 0 aliphatic carbocycles. The van der Waals surface area contributed by atoms with Crippen LogP contribution >= 0.6 is 23.4 Å². The maximum atomic E-state index is 12.4. The summed E-state index contributed by atoms with van der Waals surface area (Å²) < 4.78 is 7.68. The highest BCUT2D eigenvalue weighted by atomic mass is 35.5. The number of nitrogens with zero attached hydrogens (tertiary/aromatic N) is 4. The number of ether oxygens (including phenoxy) is 1. The quantitative estimate of drug-likeness (QED) is 0.293. The Bertz CT molecular complexity index is 1120. The molecule has 4 rings (SSSR count). The first kappa shape index (κ1) is 22.3. The number of rotatable bonds is 8. The van der Waals surface area contributed by atoms with E-state index in [9.17, 15) is 14.9 Å². The van der Waals surface area contributed by atoms with Gasteiger partial charge in [0.15, 0.2) is 11.0 Å². The molecule has 1 saturated heterocycles. The number of hydrogen-bond acceptors (Lipinski definition) is 7. The van der Waals surface area contributed by atoms with Gasteiger partial charge in [0.25, 0.3) is 5.69 Å². The summed E-state index contributed by atoms with van der Waals surface area (Å²) in [7, 11) is 0. The second kappa shape index (κ2) is 10.1. The van der Waals surface area contributed by atoms with E-state index in [1.807, 2.05) is 4.57 Å². The fourth-order valence-corrected chi connectivity index (χ4v) is 4.31. The molecular formula is C21H20ClN5O4S. The molecule has 2 heterocycles. The highest BCUT2D eigenvalue weighted by Gasteiger charge is 2.22. The number of carbonyl (C=O) groups excluding carboxylic acids is 1. The minimum Gasteiger partial charge on any atom is -0.376 e. The van der Waals surface area contributed by atoms with Gasteiger partial charge in [-0.1, -0.05) is 35.5 Å². The fourth-order valence-electron chi connectivity index (χ4n) is 3.38. The number of nitro benzene ring substituents is 1. The lowest BCUT2D eigenvalue weighted by Gasteiger charge is -2.14. The van der Waals surface area contributed by atoms with Gasteiger partial charge >= 0.3 is 0 Å². The normalized spacial score (nSPS) is 15.6. The van der Waals surface area contributed by atoms with E-state index >= 15 is 0 Å². The van der Waals surface area contributed by atoms with Crippen LogP contribution in [0.5, 0.6) is 0 Å². The first-order valence-corrected chi connectivity index (χ1v) is 11.3. The minimum atomic E-state index is -0.445. The van der Waals surface area contributed by atoms with Gasteiger partial charge in [-0.25, -0.2) is 0 Å². The van der Waals surface area contributed by atoms with E-state index in [4.69, 9.17) is 16.3 Å². The third kappa shape index (κ3) is 5.26. The highest BCUT2D eigenvalue weighted by molar-refractivity contribution is 7.99. The summed E-state index contributed by atoms with van der Waals surface area (Å²) in [5.41, 5.74) is 1.26. The van der Waals surface area contributed by atoms with Crippen molar-refractivity contribution in [3.05, 3.63) is 63.7 Å². The van der Waals surface area contributed by atoms with Crippen LogP contribution in [0, 0.1) is 10.1 Å². The van der Waals surface area contributed by atoms with Crippen LogP contribution in [0.25, 0.3) is 11.4 Å². The Morgan fingerprint density at radius 2 is 2.03 bits per heavy atom. The van der Waals surface area contributed by atoms with E-state index in [0.29, 0.717) is 40.4 Å². The van der Waals surface area contributed by atoms with Gasteiger partial charge in [-0.15, -0.1) is 10.2 Å². The summed E-state index contributed by atoms with van der Waals surface area (Å²) in [5, 5.41) is 23.3. The molecule has 0 bridgehead atoms. The van der Waals surface area contributed by atoms with Gasteiger partial charge in [0.2, 0.25) is 5.91 Å². The second-order valence-electron chi connectivity index (χ2n) is 7.17. The number of nitro groups is 1. The predicted molar refractivity (Wildman–Crippen MR) is 122 cm³/mol. The van der Waals surface area contributed by atoms with E-state index in [-0.39, 0.29) is 23.5 Å². The zero-order valence-electron chi connectivity index (χ0n) is 16.9. The lowest BCUT2D eigenvalue weighted by Crippen LogP contribution is -2.18. The molecule has 1 atom stereocenters. The number of benzene rings is 2. The average Bonchev–Trinajstić information content (AvgIpc) is 3.44. The SMILES string of the molecule is O=C(CSc1nnc(-c2ccc([N+](=O)[O-])cc2)n1C[C@@H]1CCCO1)Nc1ccccc1Cl. The third-order valence-electron chi connectivity index (χ3n) is 4.94. The van der Waals surface area contributed by atoms with Gasteiger partial charge in [-0.3, -0.25) is 19.5 Å². The molecule has 11 heteroatoms. The third-order valence-corrected chi connectivity index (χ3v) is 6.24. The second-order valence-corrected chi connectivity index (χ2v) is 8.52. The van der Waals surface area contributed by atoms with Crippen LogP contribution in [0.15, 0.2) is 53.7 Å². The Hall–Kier alpha value is -2.95. The molecule has 32 heavy (non-hydrogen) atoms. The van der Waals surface area contributed by atoms with Crippen molar-refractivity contribution in [2.75, 3.05) is 17.7 Å². The van der Waals surface area contributed by atoms with Crippen molar-refractivity contribution in [3.63, 3.8) is 0 Å². The van der Waals surface area contributed by atoms with Crippen LogP contribution in [0.4, 0.5) is 11.4 Å². The summed E-state index contributed by atoms with van der Waals surface area (Å²) >= 11 is 7.36. The van der Waals surface area contributed by atoms with Crippen LogP contribution in [0.1, 0.15) is 12.8 Å². The predicted octanol–water partition coefficient (Wildman–Crippen LogP) is 4.42. The number of amides is 1. The maximum Gasteiger partial charge on any atom is 0.269 e. The van der Waals surface area contributed by atoms with Gasteiger partial charge in [-0.05, 0) is 37.1 Å². The molecule has 2 aromatic carbocycles. The molecular weight excluding hydrogens is 454 g/mol. The largest absolute Gasteiger partial charge is 0.376 e. The lowest BCUT2D eigenvalue weighted by atomic mass is 10.2. The first-order valence-electron chi connectivity index (χ1n) is 9.98. The zero-order chi connectivity index (χ0) is 22.5. The molecule has 1 amide bonds. The number of para-hydroxylation sites is 1. The number of carbonyl (C=O) groups is 1. The van der Waals surface area contributed by atoms with Gasteiger partial charge in [0.1, 0.15) is 0 Å². The van der Waals surface area contributed by atoms with Gasteiger partial charge in [0, 0.05) is 24.3 Å². The highest BCUT2D eigenvalue weighted by Crippen LogP contribution is 2.28. The van der Waals surface area contributed by atoms with E-state index in [0.717, 1.165) is 12.8 Å². The minimum absolute atomic E-state index is 0.00443. The molecule has 166 valence electrons. The number of thioether (sulfide) groups is 1. The topological polar surface area (TPSA) is 112 Å². The van der Waals surface area contributed by atoms with Crippen molar-refractivity contribution in [2.24, 2.45) is 0 Å². The number of aromatic nitrogens is 3. The molecule has 0 spiro atoms. The van der Waals surface area contributed by atoms with E-state index in [2.05, 4.69) is 15.5 Å². The number of halogens is 1. The number of nitrogens with one attached hydrogen (secondary N) is 1. The van der Waals surface area contributed by atoms with Crippen LogP contribution < -0.4 is 5.32 Å². The average molecular weight is 474 g/mol. The molecule has 1 N–H and O–H groups in total. The summed E-state index contributed by atoms with van der Waals surface area (Å²) in [6, 6.07) is 13.2. The molecule has 0 saturated carbocycles. The smallest absolute Gasteiger partial charge is 0.269 e. The standard InChI is InChI=1S/C21H20ClN5O4S/c22-17-5-1-2-6-18(17)23-19(28)13-32-21-25-24-20(26(21)12-16-4-3-11-31-16)14-7-9-15(10-8-14)27(29)30/h1-2,5-10,16H,3-4,11-13H2,(H,23,28)/t16-/m0/s1. The maximum absolute atomic E-state index is 12.4. The van der Waals surface area contributed by atoms with Crippen LogP contribution in [0.3, 0.4) is 0 Å². The van der Waals surface area contributed by atoms with Crippen molar-refractivity contribution in [1.29, 1.82) is 0 Å². The van der Waals surface area contributed by atoms with Crippen molar-refractivity contribution >= 4 is 40.6 Å². The zero-order valence-corrected chi connectivity index (χ0v) is 18.5. The molecule has 1 aliphatic heterocycles. The first-order chi connectivity index (χ1) is 15.5. The molecule has 0 unspecified atom stereocenters. The monoisotopic (exact) mass is 473 g/mol. The summed E-state index contributed by atoms with van der Waals surface area (Å²) in [5.74, 6) is 0.478. The van der Waals surface area contributed by atoms with Gasteiger partial charge < -0.3 is 10.1 Å².